The Labute approximate surface area is 84.1 Å². The first kappa shape index (κ1) is 9.40. The van der Waals surface area contributed by atoms with Gasteiger partial charge in [0.05, 0.1) is 10.0 Å². The summed E-state index contributed by atoms with van der Waals surface area (Å²) in [6.07, 6.45) is 0. The summed E-state index contributed by atoms with van der Waals surface area (Å²) in [7, 11) is 0. The summed E-state index contributed by atoms with van der Waals surface area (Å²) in [4.78, 5) is 0. The van der Waals surface area contributed by atoms with Crippen molar-refractivity contribution < 1.29 is 0 Å². The first-order valence-corrected chi connectivity index (χ1v) is 4.01. The molecule has 0 aliphatic carbocycles. The highest BCUT2D eigenvalue weighted by Gasteiger charge is 2.18. The van der Waals surface area contributed by atoms with Gasteiger partial charge in [0.25, 0.3) is 5.39 Å². The molecule has 0 saturated heterocycles. The fraction of sp³-hybridized carbons (Fsp3) is 0. The normalized spacial score (nSPS) is 9.17. The van der Waals surface area contributed by atoms with E-state index in [1.165, 1.54) is 0 Å². The number of diazo groups is 1. The van der Waals surface area contributed by atoms with Crippen LogP contribution in [0.2, 0.25) is 10.0 Å². The average Bonchev–Trinajstić information content (AvgIpc) is 2.08. The van der Waals surface area contributed by atoms with Gasteiger partial charge in [-0.3, -0.25) is 0 Å². The smallest absolute Gasteiger partial charge is 0.0826 e. The van der Waals surface area contributed by atoms with Crippen LogP contribution < -0.4 is 4.53 Å². The van der Waals surface area contributed by atoms with Crippen molar-refractivity contribution in [3.05, 3.63) is 33.3 Å². The van der Waals surface area contributed by atoms with Gasteiger partial charge < -0.3 is 0 Å². The molecule has 3 nitrogen and oxygen atoms in total. The van der Waals surface area contributed by atoms with E-state index in [0.29, 0.717) is 15.2 Å². The zero-order chi connectivity index (χ0) is 9.14. The number of hydrogen-bond donors (Lipinski definition) is 0. The van der Waals surface area contributed by atoms with Crippen molar-refractivity contribution in [2.24, 2.45) is 0 Å². The molecule has 0 fully saturated rings. The minimum absolute atomic E-state index is 0.243. The van der Waals surface area contributed by atoms with Gasteiger partial charge in [-0.2, -0.15) is 0 Å². The summed E-state index contributed by atoms with van der Waals surface area (Å²) in [6.45, 7) is 0. The van der Waals surface area contributed by atoms with E-state index in [1.807, 2.05) is 0 Å². The molecule has 62 valence electrons. The third-order valence-corrected chi connectivity index (χ3v) is 2.27. The van der Waals surface area contributed by atoms with E-state index in [9.17, 15) is 0 Å². The standard InChI is InChI=1S/C6H3Cl3N3/c7-4-2-1-3-5(6(4)8)12(9)11-10/h1-3H/q+1. The second-order valence-corrected chi connectivity index (χ2v) is 3.03. The molecule has 0 atom stereocenters. The van der Waals surface area contributed by atoms with Gasteiger partial charge in [-0.05, 0) is 12.1 Å². The SMILES string of the molecule is N#[N+]N(Cl)c1cccc(Cl)c1Cl. The monoisotopic (exact) mass is 222 g/mol. The molecule has 0 bridgehead atoms. The quantitative estimate of drug-likeness (QED) is 0.413. The van der Waals surface area contributed by atoms with Gasteiger partial charge in [0, 0.05) is 0 Å². The zero-order valence-electron chi connectivity index (χ0n) is 5.71. The Morgan fingerprint density at radius 2 is 2.00 bits per heavy atom. The van der Waals surface area contributed by atoms with Crippen LogP contribution in [0, 0.1) is 5.39 Å². The second kappa shape index (κ2) is 3.81. The lowest BCUT2D eigenvalue weighted by atomic mass is 10.3. The van der Waals surface area contributed by atoms with Gasteiger partial charge in [0.1, 0.15) is 16.3 Å². The van der Waals surface area contributed by atoms with Crippen LogP contribution in [0.4, 0.5) is 5.69 Å². The molecule has 0 aromatic heterocycles. The topological polar surface area (TPSA) is 31.4 Å². The summed E-state index contributed by atoms with van der Waals surface area (Å²) in [5.41, 5.74) is 0.327. The maximum absolute atomic E-state index is 8.32. The highest BCUT2D eigenvalue weighted by Crippen LogP contribution is 2.33. The molecular formula is C6H3Cl3N3+. The number of hydrogen-bond acceptors (Lipinski definition) is 2. The Morgan fingerprint density at radius 1 is 1.33 bits per heavy atom. The first-order valence-electron chi connectivity index (χ1n) is 2.91. The number of rotatable bonds is 1. The van der Waals surface area contributed by atoms with Gasteiger partial charge in [0.2, 0.25) is 0 Å². The molecule has 0 aliphatic heterocycles. The zero-order valence-corrected chi connectivity index (χ0v) is 7.98. The summed E-state index contributed by atoms with van der Waals surface area (Å²) >= 11 is 16.9. The molecular weight excluding hydrogens is 220 g/mol. The van der Waals surface area contributed by atoms with E-state index in [4.69, 9.17) is 40.4 Å². The molecule has 1 rings (SSSR count). The van der Waals surface area contributed by atoms with E-state index < -0.39 is 0 Å². The van der Waals surface area contributed by atoms with Crippen LogP contribution in [0.3, 0.4) is 0 Å². The second-order valence-electron chi connectivity index (χ2n) is 1.92. The van der Waals surface area contributed by atoms with Crippen LogP contribution in [0.5, 0.6) is 0 Å². The van der Waals surface area contributed by atoms with Gasteiger partial charge in [-0.25, -0.2) is 0 Å². The highest BCUT2D eigenvalue weighted by molar-refractivity contribution is 6.44. The molecule has 0 aliphatic rings. The Balaban J connectivity index is 3.18. The molecule has 0 heterocycles. The summed E-state index contributed by atoms with van der Waals surface area (Å²) < 4.78 is 0.703. The fourth-order valence-corrected chi connectivity index (χ4v) is 1.24. The molecule has 6 heteroatoms. The minimum atomic E-state index is 0.243. The molecule has 1 aromatic rings. The molecule has 0 unspecified atom stereocenters. The molecule has 0 spiro atoms. The van der Waals surface area contributed by atoms with E-state index in [0.717, 1.165) is 0 Å². The summed E-state index contributed by atoms with van der Waals surface area (Å²) in [6, 6.07) is 4.82. The number of benzene rings is 1. The van der Waals surface area contributed by atoms with Gasteiger partial charge in [-0.15, -0.1) is 0 Å². The first-order chi connectivity index (χ1) is 5.66. The summed E-state index contributed by atoms with van der Waals surface area (Å²) in [5, 5.41) is 11.6. The van der Waals surface area contributed by atoms with E-state index in [-0.39, 0.29) is 5.02 Å². The van der Waals surface area contributed by atoms with Gasteiger partial charge >= 0.3 is 5.08 Å². The van der Waals surface area contributed by atoms with Crippen molar-refractivity contribution in [2.75, 3.05) is 4.53 Å². The molecule has 0 N–H and O–H groups in total. The lowest BCUT2D eigenvalue weighted by Gasteiger charge is -1.99. The third kappa shape index (κ3) is 1.72. The highest BCUT2D eigenvalue weighted by atomic mass is 35.5. The van der Waals surface area contributed by atoms with Crippen molar-refractivity contribution in [3.63, 3.8) is 0 Å². The maximum Gasteiger partial charge on any atom is 0.328 e. The van der Waals surface area contributed by atoms with Crippen LogP contribution in [0.1, 0.15) is 0 Å². The van der Waals surface area contributed by atoms with Gasteiger partial charge in [0.15, 0.2) is 5.69 Å². The predicted octanol–water partition coefficient (Wildman–Crippen LogP) is 3.72. The van der Waals surface area contributed by atoms with Crippen molar-refractivity contribution >= 4 is 40.7 Å². The molecule has 1 aromatic carbocycles. The largest absolute Gasteiger partial charge is 0.328 e. The molecule has 12 heavy (non-hydrogen) atoms. The molecule has 0 amide bonds. The Morgan fingerprint density at radius 3 is 2.58 bits per heavy atom. The number of anilines is 1. The Hall–Kier alpha value is -0.690. The lowest BCUT2D eigenvalue weighted by Crippen LogP contribution is -1.96. The van der Waals surface area contributed by atoms with Crippen LogP contribution in [-0.4, -0.2) is 0 Å². The van der Waals surface area contributed by atoms with E-state index in [2.05, 4.69) is 5.08 Å². The van der Waals surface area contributed by atoms with E-state index in [1.54, 1.807) is 18.2 Å². The fourth-order valence-electron chi connectivity index (χ4n) is 0.683. The van der Waals surface area contributed by atoms with Crippen LogP contribution >= 0.6 is 35.0 Å². The van der Waals surface area contributed by atoms with Crippen LogP contribution in [-0.2, 0) is 0 Å². The average molecular weight is 223 g/mol. The maximum atomic E-state index is 8.32. The Kier molecular flexibility index (Phi) is 2.99. The number of halogens is 3. The van der Waals surface area contributed by atoms with Crippen LogP contribution in [0.15, 0.2) is 18.2 Å². The number of nitrogens with zero attached hydrogens (tertiary/aromatic N) is 3. The van der Waals surface area contributed by atoms with E-state index >= 15 is 0 Å². The van der Waals surface area contributed by atoms with Crippen molar-refractivity contribution in [1.82, 2.24) is 0 Å². The lowest BCUT2D eigenvalue weighted by molar-refractivity contribution is 1.30. The van der Waals surface area contributed by atoms with Crippen molar-refractivity contribution in [1.29, 1.82) is 5.39 Å². The summed E-state index contributed by atoms with van der Waals surface area (Å²) in [5.74, 6) is 0. The Bertz CT molecular complexity index is 333. The van der Waals surface area contributed by atoms with Crippen molar-refractivity contribution in [2.45, 2.75) is 0 Å². The van der Waals surface area contributed by atoms with Gasteiger partial charge in [-0.1, -0.05) is 29.3 Å². The minimum Gasteiger partial charge on any atom is -0.0826 e. The van der Waals surface area contributed by atoms with Crippen molar-refractivity contribution in [3.8, 4) is 0 Å². The van der Waals surface area contributed by atoms with Crippen LogP contribution in [0.25, 0.3) is 5.08 Å². The molecule has 0 radical (unpaired) electrons. The predicted molar refractivity (Wildman–Crippen MR) is 49.9 cm³/mol. The third-order valence-electron chi connectivity index (χ3n) is 1.21. The molecule has 0 saturated carbocycles.